The molecule has 0 bridgehead atoms. The van der Waals surface area contributed by atoms with Gasteiger partial charge in [-0.1, -0.05) is 26.0 Å². The highest BCUT2D eigenvalue weighted by molar-refractivity contribution is 5.63. The van der Waals surface area contributed by atoms with Gasteiger partial charge < -0.3 is 10.4 Å². The lowest BCUT2D eigenvalue weighted by atomic mass is 9.89. The molecular formula is C18H23FN2O. The molecule has 2 N–H and O–H groups in total. The molecular weight excluding hydrogens is 279 g/mol. The van der Waals surface area contributed by atoms with Gasteiger partial charge in [0.05, 0.1) is 0 Å². The fourth-order valence-corrected chi connectivity index (χ4v) is 2.34. The van der Waals surface area contributed by atoms with E-state index in [4.69, 9.17) is 5.11 Å². The molecule has 0 saturated heterocycles. The summed E-state index contributed by atoms with van der Waals surface area (Å²) in [6, 6.07) is 9.03. The molecule has 0 aliphatic rings. The SMILES string of the molecule is CC(C)(CCO)CNCc1ccc(-c2ccncc2)cc1F. The first-order valence-electron chi connectivity index (χ1n) is 7.52. The summed E-state index contributed by atoms with van der Waals surface area (Å²) in [7, 11) is 0. The maximum Gasteiger partial charge on any atom is 0.128 e. The number of benzene rings is 1. The Morgan fingerprint density at radius 3 is 2.50 bits per heavy atom. The Balaban J connectivity index is 1.99. The van der Waals surface area contributed by atoms with Crippen molar-refractivity contribution in [3.05, 3.63) is 54.1 Å². The normalized spacial score (nSPS) is 11.6. The Morgan fingerprint density at radius 2 is 1.86 bits per heavy atom. The molecule has 0 amide bonds. The molecule has 2 aromatic rings. The zero-order valence-corrected chi connectivity index (χ0v) is 13.1. The molecule has 22 heavy (non-hydrogen) atoms. The molecule has 0 unspecified atom stereocenters. The molecule has 1 aromatic carbocycles. The van der Waals surface area contributed by atoms with Gasteiger partial charge in [0.15, 0.2) is 0 Å². The van der Waals surface area contributed by atoms with Crippen molar-refractivity contribution in [2.45, 2.75) is 26.8 Å². The summed E-state index contributed by atoms with van der Waals surface area (Å²) in [6.07, 6.45) is 4.13. The lowest BCUT2D eigenvalue weighted by Gasteiger charge is -2.24. The average Bonchev–Trinajstić information content (AvgIpc) is 2.49. The first kappa shape index (κ1) is 16.6. The van der Waals surface area contributed by atoms with Crippen molar-refractivity contribution < 1.29 is 9.50 Å². The Hall–Kier alpha value is -1.78. The lowest BCUT2D eigenvalue weighted by molar-refractivity contribution is 0.207. The number of nitrogens with one attached hydrogen (secondary N) is 1. The zero-order chi connectivity index (χ0) is 16.0. The number of aromatic nitrogens is 1. The number of hydrogen-bond donors (Lipinski definition) is 2. The molecule has 0 aliphatic carbocycles. The molecule has 3 nitrogen and oxygen atoms in total. The summed E-state index contributed by atoms with van der Waals surface area (Å²) in [4.78, 5) is 3.97. The van der Waals surface area contributed by atoms with E-state index < -0.39 is 0 Å². The molecule has 4 heteroatoms. The second-order valence-corrected chi connectivity index (χ2v) is 6.28. The number of nitrogens with zero attached hydrogens (tertiary/aromatic N) is 1. The largest absolute Gasteiger partial charge is 0.396 e. The van der Waals surface area contributed by atoms with Gasteiger partial charge in [-0.25, -0.2) is 4.39 Å². The molecule has 1 aromatic heterocycles. The molecule has 0 fully saturated rings. The standard InChI is InChI=1S/C18H23FN2O/c1-18(2,7-10-22)13-21-12-16-4-3-15(11-17(16)19)14-5-8-20-9-6-14/h3-6,8-9,11,21-22H,7,10,12-13H2,1-2H3. The van der Waals surface area contributed by atoms with Crippen molar-refractivity contribution in [3.8, 4) is 11.1 Å². The van der Waals surface area contributed by atoms with Gasteiger partial charge in [-0.05, 0) is 41.2 Å². The number of aliphatic hydroxyl groups is 1. The smallest absolute Gasteiger partial charge is 0.128 e. The van der Waals surface area contributed by atoms with Crippen LogP contribution < -0.4 is 5.32 Å². The molecule has 0 spiro atoms. The van der Waals surface area contributed by atoms with E-state index in [1.54, 1.807) is 18.5 Å². The molecule has 1 heterocycles. The van der Waals surface area contributed by atoms with Crippen LogP contribution >= 0.6 is 0 Å². The minimum Gasteiger partial charge on any atom is -0.396 e. The van der Waals surface area contributed by atoms with Crippen LogP contribution in [-0.2, 0) is 6.54 Å². The lowest BCUT2D eigenvalue weighted by Crippen LogP contribution is -2.30. The van der Waals surface area contributed by atoms with Crippen LogP contribution in [0.3, 0.4) is 0 Å². The van der Waals surface area contributed by atoms with Crippen LogP contribution in [0.15, 0.2) is 42.7 Å². The van der Waals surface area contributed by atoms with Crippen LogP contribution in [0.4, 0.5) is 4.39 Å². The van der Waals surface area contributed by atoms with Gasteiger partial charge in [-0.2, -0.15) is 0 Å². The fraction of sp³-hybridized carbons (Fsp3) is 0.389. The van der Waals surface area contributed by atoms with Crippen molar-refractivity contribution in [2.75, 3.05) is 13.2 Å². The minimum absolute atomic E-state index is 0.00219. The second kappa shape index (κ2) is 7.47. The first-order valence-corrected chi connectivity index (χ1v) is 7.52. The maximum atomic E-state index is 14.2. The van der Waals surface area contributed by atoms with E-state index in [1.165, 1.54) is 0 Å². The summed E-state index contributed by atoms with van der Waals surface area (Å²) in [5.41, 5.74) is 2.46. The van der Waals surface area contributed by atoms with Crippen molar-refractivity contribution in [1.29, 1.82) is 0 Å². The summed E-state index contributed by atoms with van der Waals surface area (Å²) >= 11 is 0. The Kier molecular flexibility index (Phi) is 5.63. The minimum atomic E-state index is -0.207. The topological polar surface area (TPSA) is 45.1 Å². The summed E-state index contributed by atoms with van der Waals surface area (Å²) in [5.74, 6) is -0.207. The fourth-order valence-electron chi connectivity index (χ4n) is 2.34. The van der Waals surface area contributed by atoms with E-state index in [0.29, 0.717) is 12.1 Å². The average molecular weight is 302 g/mol. The van der Waals surface area contributed by atoms with Crippen LogP contribution in [-0.4, -0.2) is 23.2 Å². The van der Waals surface area contributed by atoms with Crippen LogP contribution in [0.25, 0.3) is 11.1 Å². The van der Waals surface area contributed by atoms with Crippen molar-refractivity contribution in [1.82, 2.24) is 10.3 Å². The molecule has 2 rings (SSSR count). The predicted molar refractivity (Wildman–Crippen MR) is 86.8 cm³/mol. The number of rotatable bonds is 7. The second-order valence-electron chi connectivity index (χ2n) is 6.28. The third kappa shape index (κ3) is 4.61. The van der Waals surface area contributed by atoms with E-state index in [-0.39, 0.29) is 17.8 Å². The Bertz CT molecular complexity index is 599. The van der Waals surface area contributed by atoms with E-state index >= 15 is 0 Å². The molecule has 0 atom stereocenters. The number of halogens is 1. The molecule has 0 aliphatic heterocycles. The third-order valence-corrected chi connectivity index (χ3v) is 3.77. The molecule has 118 valence electrons. The summed E-state index contributed by atoms with van der Waals surface area (Å²) in [5, 5.41) is 12.3. The van der Waals surface area contributed by atoms with Crippen molar-refractivity contribution >= 4 is 0 Å². The van der Waals surface area contributed by atoms with E-state index in [9.17, 15) is 4.39 Å². The highest BCUT2D eigenvalue weighted by Gasteiger charge is 2.16. The summed E-state index contributed by atoms with van der Waals surface area (Å²) in [6.45, 7) is 5.55. The monoisotopic (exact) mass is 302 g/mol. The van der Waals surface area contributed by atoms with Gasteiger partial charge in [0, 0.05) is 37.7 Å². The summed E-state index contributed by atoms with van der Waals surface area (Å²) < 4.78 is 14.2. The van der Waals surface area contributed by atoms with Crippen LogP contribution in [0.2, 0.25) is 0 Å². The van der Waals surface area contributed by atoms with Crippen molar-refractivity contribution in [3.63, 3.8) is 0 Å². The van der Waals surface area contributed by atoms with Gasteiger partial charge >= 0.3 is 0 Å². The first-order chi connectivity index (χ1) is 10.5. The molecule has 0 radical (unpaired) electrons. The van der Waals surface area contributed by atoms with Crippen LogP contribution in [0.1, 0.15) is 25.8 Å². The number of hydrogen-bond acceptors (Lipinski definition) is 3. The Morgan fingerprint density at radius 1 is 1.14 bits per heavy atom. The van der Waals surface area contributed by atoms with Crippen LogP contribution in [0, 0.1) is 11.2 Å². The number of pyridine rings is 1. The van der Waals surface area contributed by atoms with E-state index in [0.717, 1.165) is 24.1 Å². The number of aliphatic hydroxyl groups excluding tert-OH is 1. The highest BCUT2D eigenvalue weighted by atomic mass is 19.1. The highest BCUT2D eigenvalue weighted by Crippen LogP contribution is 2.22. The third-order valence-electron chi connectivity index (χ3n) is 3.77. The van der Waals surface area contributed by atoms with E-state index in [1.807, 2.05) is 24.3 Å². The zero-order valence-electron chi connectivity index (χ0n) is 13.1. The van der Waals surface area contributed by atoms with Gasteiger partial charge in [0.1, 0.15) is 5.82 Å². The van der Waals surface area contributed by atoms with Gasteiger partial charge in [0.25, 0.3) is 0 Å². The van der Waals surface area contributed by atoms with Crippen LogP contribution in [0.5, 0.6) is 0 Å². The Labute approximate surface area is 131 Å². The van der Waals surface area contributed by atoms with Gasteiger partial charge in [-0.15, -0.1) is 0 Å². The van der Waals surface area contributed by atoms with Crippen molar-refractivity contribution in [2.24, 2.45) is 5.41 Å². The van der Waals surface area contributed by atoms with Gasteiger partial charge in [0.2, 0.25) is 0 Å². The molecule has 0 saturated carbocycles. The predicted octanol–water partition coefficient (Wildman–Crippen LogP) is 3.39. The van der Waals surface area contributed by atoms with Gasteiger partial charge in [-0.3, -0.25) is 4.98 Å². The quantitative estimate of drug-likeness (QED) is 0.824. The maximum absolute atomic E-state index is 14.2. The van der Waals surface area contributed by atoms with E-state index in [2.05, 4.69) is 24.1 Å².